The van der Waals surface area contributed by atoms with Crippen LogP contribution in [0.3, 0.4) is 0 Å². The van der Waals surface area contributed by atoms with Gasteiger partial charge in [0.1, 0.15) is 0 Å². The van der Waals surface area contributed by atoms with Crippen LogP contribution in [0.1, 0.15) is 31.4 Å². The minimum absolute atomic E-state index is 0.152. The molecule has 0 heterocycles. The summed E-state index contributed by atoms with van der Waals surface area (Å²) in [4.78, 5) is 36.9. The van der Waals surface area contributed by atoms with Crippen LogP contribution in [0.5, 0.6) is 0 Å². The molecule has 0 aliphatic rings. The van der Waals surface area contributed by atoms with Gasteiger partial charge in [0.2, 0.25) is 17.7 Å². The third-order valence-electron chi connectivity index (χ3n) is 4.23. The third-order valence-corrected chi connectivity index (χ3v) is 4.23. The Bertz CT molecular complexity index is 844. The van der Waals surface area contributed by atoms with E-state index in [1.165, 1.54) is 24.3 Å². The van der Waals surface area contributed by atoms with E-state index in [2.05, 4.69) is 10.6 Å². The number of anilines is 3. The first-order chi connectivity index (χ1) is 12.8. The topological polar surface area (TPSA) is 78.5 Å². The zero-order chi connectivity index (χ0) is 20.0. The molecule has 142 valence electrons. The number of nitrogens with one attached hydrogen (secondary N) is 2. The highest BCUT2D eigenvalue weighted by Crippen LogP contribution is 2.19. The molecular formula is C21H25N3O3. The average Bonchev–Trinajstić information content (AvgIpc) is 2.59. The van der Waals surface area contributed by atoms with Crippen molar-refractivity contribution in [3.8, 4) is 0 Å². The fourth-order valence-electron chi connectivity index (χ4n) is 2.65. The summed E-state index contributed by atoms with van der Waals surface area (Å²) >= 11 is 0. The van der Waals surface area contributed by atoms with Crippen LogP contribution in [0.15, 0.2) is 42.5 Å². The Morgan fingerprint density at radius 2 is 1.48 bits per heavy atom. The first kappa shape index (κ1) is 20.2. The molecule has 0 spiro atoms. The van der Waals surface area contributed by atoms with Crippen LogP contribution in [0, 0.1) is 13.8 Å². The van der Waals surface area contributed by atoms with Crippen LogP contribution < -0.4 is 15.5 Å². The van der Waals surface area contributed by atoms with Crippen molar-refractivity contribution in [3.63, 3.8) is 0 Å². The van der Waals surface area contributed by atoms with Gasteiger partial charge in [-0.05, 0) is 61.4 Å². The highest BCUT2D eigenvalue weighted by Gasteiger charge is 2.14. The Labute approximate surface area is 159 Å². The van der Waals surface area contributed by atoms with Crippen molar-refractivity contribution in [2.45, 2.75) is 34.1 Å². The lowest BCUT2D eigenvalue weighted by molar-refractivity contribution is -0.117. The van der Waals surface area contributed by atoms with Crippen LogP contribution in [-0.2, 0) is 14.4 Å². The van der Waals surface area contributed by atoms with Crippen LogP contribution in [0.4, 0.5) is 17.1 Å². The summed E-state index contributed by atoms with van der Waals surface area (Å²) in [6.07, 6.45) is 0.181. The number of amides is 3. The van der Waals surface area contributed by atoms with Gasteiger partial charge in [-0.1, -0.05) is 6.07 Å². The number of benzene rings is 2. The lowest BCUT2D eigenvalue weighted by atomic mass is 10.1. The number of nitrogens with zero attached hydrogens (tertiary/aromatic N) is 1. The van der Waals surface area contributed by atoms with Crippen molar-refractivity contribution in [3.05, 3.63) is 53.6 Å². The maximum absolute atomic E-state index is 12.2. The molecule has 0 atom stereocenters. The van der Waals surface area contributed by atoms with Gasteiger partial charge in [0.25, 0.3) is 0 Å². The van der Waals surface area contributed by atoms with Crippen LogP contribution >= 0.6 is 0 Å². The molecule has 0 aliphatic carbocycles. The molecule has 0 radical (unpaired) electrons. The van der Waals surface area contributed by atoms with Crippen molar-refractivity contribution in [2.24, 2.45) is 0 Å². The van der Waals surface area contributed by atoms with Crippen LogP contribution in [0.2, 0.25) is 0 Å². The Kier molecular flexibility index (Phi) is 6.71. The second-order valence-electron chi connectivity index (χ2n) is 6.50. The van der Waals surface area contributed by atoms with E-state index in [0.29, 0.717) is 11.4 Å². The van der Waals surface area contributed by atoms with E-state index in [9.17, 15) is 14.4 Å². The van der Waals surface area contributed by atoms with E-state index in [4.69, 9.17) is 0 Å². The monoisotopic (exact) mass is 367 g/mol. The van der Waals surface area contributed by atoms with E-state index in [0.717, 1.165) is 11.3 Å². The highest BCUT2D eigenvalue weighted by atomic mass is 16.2. The molecule has 6 nitrogen and oxygen atoms in total. The van der Waals surface area contributed by atoms with Crippen LogP contribution in [0.25, 0.3) is 0 Å². The number of aryl methyl sites for hydroxylation is 2. The van der Waals surface area contributed by atoms with E-state index < -0.39 is 0 Å². The number of carbonyl (C=O) groups is 3. The maximum atomic E-state index is 12.2. The molecule has 2 aromatic rings. The van der Waals surface area contributed by atoms with Gasteiger partial charge in [0.05, 0.1) is 0 Å². The molecule has 2 aromatic carbocycles. The molecule has 6 heteroatoms. The molecule has 27 heavy (non-hydrogen) atoms. The summed E-state index contributed by atoms with van der Waals surface area (Å²) in [5.41, 5.74) is 4.35. The summed E-state index contributed by atoms with van der Waals surface area (Å²) in [6.45, 7) is 7.17. The molecule has 0 aromatic heterocycles. The molecule has 3 amide bonds. The fourth-order valence-corrected chi connectivity index (χ4v) is 2.65. The predicted octanol–water partition coefficient (Wildman–Crippen LogP) is 3.64. The minimum atomic E-state index is -0.158. The van der Waals surface area contributed by atoms with Crippen molar-refractivity contribution in [2.75, 3.05) is 22.1 Å². The van der Waals surface area contributed by atoms with Gasteiger partial charge in [0, 0.05) is 43.9 Å². The minimum Gasteiger partial charge on any atom is -0.326 e. The summed E-state index contributed by atoms with van der Waals surface area (Å²) in [5.74, 6) is -0.463. The Morgan fingerprint density at radius 3 is 2.04 bits per heavy atom. The first-order valence-corrected chi connectivity index (χ1v) is 8.79. The van der Waals surface area contributed by atoms with Gasteiger partial charge in [-0.2, -0.15) is 0 Å². The maximum Gasteiger partial charge on any atom is 0.226 e. The summed E-state index contributed by atoms with van der Waals surface area (Å²) < 4.78 is 0. The van der Waals surface area contributed by atoms with Crippen molar-refractivity contribution in [1.29, 1.82) is 0 Å². The van der Waals surface area contributed by atoms with Gasteiger partial charge >= 0.3 is 0 Å². The highest BCUT2D eigenvalue weighted by molar-refractivity contribution is 5.95. The SMILES string of the molecule is CC(=O)Nc1ccc(N(CCC(=O)Nc2ccc(C)c(C)c2)C(C)=O)cc1. The van der Waals surface area contributed by atoms with Gasteiger partial charge in [0.15, 0.2) is 0 Å². The predicted molar refractivity (Wildman–Crippen MR) is 108 cm³/mol. The number of rotatable bonds is 6. The standard InChI is InChI=1S/C21H25N3O3/c1-14-5-6-19(13-15(14)2)23-21(27)11-12-24(17(4)26)20-9-7-18(8-10-20)22-16(3)25/h5-10,13H,11-12H2,1-4H3,(H,22,25)(H,23,27). The molecule has 0 saturated carbocycles. The quantitative estimate of drug-likeness (QED) is 0.818. The molecule has 0 bridgehead atoms. The van der Waals surface area contributed by atoms with Crippen molar-refractivity contribution < 1.29 is 14.4 Å². The van der Waals surface area contributed by atoms with Gasteiger partial charge in [-0.15, -0.1) is 0 Å². The zero-order valence-corrected chi connectivity index (χ0v) is 16.1. The zero-order valence-electron chi connectivity index (χ0n) is 16.1. The van der Waals surface area contributed by atoms with Crippen molar-refractivity contribution >= 4 is 34.8 Å². The molecule has 0 unspecified atom stereocenters. The number of hydrogen-bond acceptors (Lipinski definition) is 3. The second-order valence-corrected chi connectivity index (χ2v) is 6.50. The summed E-state index contributed by atoms with van der Waals surface area (Å²) in [7, 11) is 0. The van der Waals surface area contributed by atoms with E-state index in [1.54, 1.807) is 24.3 Å². The van der Waals surface area contributed by atoms with Gasteiger partial charge in [-0.25, -0.2) is 0 Å². The smallest absolute Gasteiger partial charge is 0.226 e. The van der Waals surface area contributed by atoms with E-state index >= 15 is 0 Å². The lowest BCUT2D eigenvalue weighted by Gasteiger charge is -2.21. The molecule has 2 rings (SSSR count). The molecular weight excluding hydrogens is 342 g/mol. The van der Waals surface area contributed by atoms with E-state index in [-0.39, 0.29) is 30.7 Å². The molecule has 2 N–H and O–H groups in total. The first-order valence-electron chi connectivity index (χ1n) is 8.79. The van der Waals surface area contributed by atoms with Crippen molar-refractivity contribution in [1.82, 2.24) is 0 Å². The summed E-state index contributed by atoms with van der Waals surface area (Å²) in [5, 5.41) is 5.54. The Hall–Kier alpha value is -3.15. The second kappa shape index (κ2) is 8.98. The lowest BCUT2D eigenvalue weighted by Crippen LogP contribution is -2.31. The summed E-state index contributed by atoms with van der Waals surface area (Å²) in [6, 6.07) is 12.7. The Morgan fingerprint density at radius 1 is 0.852 bits per heavy atom. The largest absolute Gasteiger partial charge is 0.326 e. The van der Waals surface area contributed by atoms with Gasteiger partial charge < -0.3 is 15.5 Å². The van der Waals surface area contributed by atoms with E-state index in [1.807, 2.05) is 32.0 Å². The third kappa shape index (κ3) is 5.95. The number of carbonyl (C=O) groups excluding carboxylic acids is 3. The molecule has 0 saturated heterocycles. The molecule has 0 aliphatic heterocycles. The van der Waals surface area contributed by atoms with Gasteiger partial charge in [-0.3, -0.25) is 14.4 Å². The molecule has 0 fully saturated rings. The van der Waals surface area contributed by atoms with Crippen LogP contribution in [-0.4, -0.2) is 24.3 Å². The number of hydrogen-bond donors (Lipinski definition) is 2. The fraction of sp³-hybridized carbons (Fsp3) is 0.286. The Balaban J connectivity index is 1.99. The average molecular weight is 367 g/mol. The normalized spacial score (nSPS) is 10.2.